The van der Waals surface area contributed by atoms with Gasteiger partial charge in [-0.1, -0.05) is 0 Å². The molecule has 1 aromatic carbocycles. The van der Waals surface area contributed by atoms with Gasteiger partial charge in [0.15, 0.2) is 0 Å². The number of aromatic nitrogens is 2. The van der Waals surface area contributed by atoms with E-state index in [2.05, 4.69) is 20.6 Å². The van der Waals surface area contributed by atoms with Crippen molar-refractivity contribution in [3.63, 3.8) is 0 Å². The number of rotatable bonds is 4. The predicted molar refractivity (Wildman–Crippen MR) is 121 cm³/mol. The first-order valence-corrected chi connectivity index (χ1v) is 9.38. The molecular weight excluding hydrogens is 427 g/mol. The Bertz CT molecular complexity index is 1030. The molecule has 2 aromatic heterocycles. The maximum absolute atomic E-state index is 12.7. The number of carbonyl (C=O) groups is 1. The van der Waals surface area contributed by atoms with Crippen LogP contribution in [-0.4, -0.2) is 29.0 Å². The number of imidazole rings is 1. The normalized spacial score (nSPS) is 13.8. The second-order valence-corrected chi connectivity index (χ2v) is 6.99. The molecule has 4 rings (SSSR count). The number of benzene rings is 1. The van der Waals surface area contributed by atoms with E-state index in [1.165, 1.54) is 0 Å². The summed E-state index contributed by atoms with van der Waals surface area (Å²) in [5.74, 6) is 1.18. The number of hydrogen-bond donors (Lipinski definition) is 3. The monoisotopic (exact) mass is 450 g/mol. The van der Waals surface area contributed by atoms with Gasteiger partial charge in [0.05, 0.1) is 0 Å². The molecule has 1 aliphatic heterocycles. The summed E-state index contributed by atoms with van der Waals surface area (Å²) in [5, 5.41) is 6.07. The molecule has 3 aromatic rings. The fourth-order valence-corrected chi connectivity index (χ4v) is 3.54. The number of piperidine rings is 1. The van der Waals surface area contributed by atoms with Gasteiger partial charge in [-0.05, 0) is 68.8 Å². The summed E-state index contributed by atoms with van der Waals surface area (Å²) in [5.41, 5.74) is 1.60. The number of carbonyl (C=O) groups excluding carboxylic acids is 1. The van der Waals surface area contributed by atoms with Crippen molar-refractivity contribution in [1.29, 1.82) is 0 Å². The molecular formula is C21H24Cl2N4O3. The minimum absolute atomic E-state index is 0. The van der Waals surface area contributed by atoms with Crippen LogP contribution in [0.15, 0.2) is 51.9 Å². The van der Waals surface area contributed by atoms with Gasteiger partial charge in [0.1, 0.15) is 17.1 Å². The number of nitrogens with one attached hydrogen (secondary N) is 3. The maximum atomic E-state index is 12.7. The Balaban J connectivity index is 0.00000160. The van der Waals surface area contributed by atoms with E-state index in [1.807, 2.05) is 18.2 Å². The fourth-order valence-electron chi connectivity index (χ4n) is 3.54. The Morgan fingerprint density at radius 2 is 1.87 bits per heavy atom. The Labute approximate surface area is 186 Å². The van der Waals surface area contributed by atoms with Crippen molar-refractivity contribution < 1.29 is 9.21 Å². The summed E-state index contributed by atoms with van der Waals surface area (Å²) in [4.78, 5) is 32.4. The zero-order valence-electron chi connectivity index (χ0n) is 16.4. The van der Waals surface area contributed by atoms with Gasteiger partial charge in [-0.25, -0.2) is 9.78 Å². The largest absolute Gasteiger partial charge is 0.427 e. The smallest absolute Gasteiger partial charge is 0.349 e. The highest BCUT2D eigenvalue weighted by atomic mass is 35.5. The fraction of sp³-hybridized carbons (Fsp3) is 0.286. The van der Waals surface area contributed by atoms with Crippen LogP contribution in [0.5, 0.6) is 0 Å². The molecule has 1 saturated heterocycles. The Morgan fingerprint density at radius 1 is 1.17 bits per heavy atom. The van der Waals surface area contributed by atoms with E-state index in [0.717, 1.165) is 37.3 Å². The molecule has 0 radical (unpaired) electrons. The highest BCUT2D eigenvalue weighted by Gasteiger charge is 2.22. The molecule has 3 N–H and O–H groups in total. The van der Waals surface area contributed by atoms with E-state index < -0.39 is 11.5 Å². The van der Waals surface area contributed by atoms with Crippen LogP contribution in [0.3, 0.4) is 0 Å². The van der Waals surface area contributed by atoms with Crippen molar-refractivity contribution in [3.05, 3.63) is 70.0 Å². The van der Waals surface area contributed by atoms with Crippen LogP contribution in [0.4, 0.5) is 5.69 Å². The molecule has 3 heterocycles. The van der Waals surface area contributed by atoms with Gasteiger partial charge in [0.25, 0.3) is 5.91 Å². The molecule has 7 nitrogen and oxygen atoms in total. The molecule has 30 heavy (non-hydrogen) atoms. The van der Waals surface area contributed by atoms with Gasteiger partial charge in [-0.3, -0.25) is 4.79 Å². The third-order valence-corrected chi connectivity index (χ3v) is 5.05. The van der Waals surface area contributed by atoms with Crippen molar-refractivity contribution in [3.8, 4) is 11.4 Å². The van der Waals surface area contributed by atoms with E-state index in [9.17, 15) is 9.59 Å². The van der Waals surface area contributed by atoms with E-state index in [-0.39, 0.29) is 36.3 Å². The second kappa shape index (κ2) is 10.4. The van der Waals surface area contributed by atoms with E-state index in [0.29, 0.717) is 17.0 Å². The molecule has 0 spiro atoms. The summed E-state index contributed by atoms with van der Waals surface area (Å²) in [7, 11) is 0. The molecule has 0 aliphatic carbocycles. The van der Waals surface area contributed by atoms with Crippen molar-refractivity contribution in [2.75, 3.05) is 18.4 Å². The molecule has 1 fully saturated rings. The number of halogens is 2. The minimum atomic E-state index is -0.585. The molecule has 0 bridgehead atoms. The lowest BCUT2D eigenvalue weighted by atomic mass is 9.94. The van der Waals surface area contributed by atoms with Crippen LogP contribution >= 0.6 is 24.8 Å². The summed E-state index contributed by atoms with van der Waals surface area (Å²) in [6, 6.07) is 9.08. The maximum Gasteiger partial charge on any atom is 0.349 e. The average Bonchev–Trinajstić information content (AvgIpc) is 3.23. The van der Waals surface area contributed by atoms with Crippen LogP contribution in [0.2, 0.25) is 0 Å². The Hall–Kier alpha value is -2.61. The summed E-state index contributed by atoms with van der Waals surface area (Å²) in [6.45, 7) is 3.59. The third kappa shape index (κ3) is 5.11. The molecule has 0 saturated carbocycles. The molecule has 160 valence electrons. The van der Waals surface area contributed by atoms with Crippen LogP contribution in [0.25, 0.3) is 11.4 Å². The van der Waals surface area contributed by atoms with Crippen LogP contribution in [0, 0.1) is 6.92 Å². The van der Waals surface area contributed by atoms with Crippen molar-refractivity contribution in [1.82, 2.24) is 15.3 Å². The van der Waals surface area contributed by atoms with Crippen molar-refractivity contribution in [2.45, 2.75) is 25.7 Å². The average molecular weight is 451 g/mol. The van der Waals surface area contributed by atoms with Crippen LogP contribution < -0.4 is 16.3 Å². The number of anilines is 1. The number of amides is 1. The van der Waals surface area contributed by atoms with E-state index in [1.54, 1.807) is 31.5 Å². The molecule has 0 unspecified atom stereocenters. The number of aryl methyl sites for hydroxylation is 1. The highest BCUT2D eigenvalue weighted by Crippen LogP contribution is 2.25. The summed E-state index contributed by atoms with van der Waals surface area (Å²) >= 11 is 0. The molecule has 1 amide bonds. The number of aromatic amines is 1. The summed E-state index contributed by atoms with van der Waals surface area (Å²) in [6.07, 6.45) is 5.28. The Kier molecular flexibility index (Phi) is 8.23. The van der Waals surface area contributed by atoms with Gasteiger partial charge >= 0.3 is 5.63 Å². The first kappa shape index (κ1) is 23.7. The molecule has 0 atom stereocenters. The first-order chi connectivity index (χ1) is 13.6. The topological polar surface area (TPSA) is 100 Å². The quantitative estimate of drug-likeness (QED) is 0.559. The minimum Gasteiger partial charge on any atom is -0.427 e. The highest BCUT2D eigenvalue weighted by molar-refractivity contribution is 6.05. The lowest BCUT2D eigenvalue weighted by molar-refractivity contribution is 0.102. The van der Waals surface area contributed by atoms with Gasteiger partial charge in [-0.15, -0.1) is 24.8 Å². The molecule has 1 aliphatic rings. The zero-order chi connectivity index (χ0) is 19.5. The number of nitrogens with zero attached hydrogens (tertiary/aromatic N) is 1. The third-order valence-electron chi connectivity index (χ3n) is 5.05. The Morgan fingerprint density at radius 3 is 2.47 bits per heavy atom. The van der Waals surface area contributed by atoms with Crippen molar-refractivity contribution in [2.24, 2.45) is 0 Å². The summed E-state index contributed by atoms with van der Waals surface area (Å²) < 4.78 is 5.50. The lowest BCUT2D eigenvalue weighted by Gasteiger charge is -2.21. The lowest BCUT2D eigenvalue weighted by Crippen LogP contribution is -2.28. The first-order valence-electron chi connectivity index (χ1n) is 9.38. The van der Waals surface area contributed by atoms with E-state index in [4.69, 9.17) is 4.42 Å². The number of hydrogen-bond acceptors (Lipinski definition) is 5. The SMILES string of the molecule is Cc1cc(C2CCNCC2)oc(=O)c1C(=O)Nc1ccc(-c2ncc[nH]2)cc1.Cl.Cl. The van der Waals surface area contributed by atoms with Gasteiger partial charge < -0.3 is 20.0 Å². The van der Waals surface area contributed by atoms with Crippen LogP contribution in [-0.2, 0) is 0 Å². The van der Waals surface area contributed by atoms with Gasteiger partial charge in [-0.2, -0.15) is 0 Å². The zero-order valence-corrected chi connectivity index (χ0v) is 18.1. The van der Waals surface area contributed by atoms with Gasteiger partial charge in [0, 0.05) is 29.6 Å². The number of H-pyrrole nitrogens is 1. The van der Waals surface area contributed by atoms with Crippen molar-refractivity contribution >= 4 is 36.4 Å². The standard InChI is InChI=1S/C21H22N4O3.2ClH/c1-13-12-17(14-6-8-22-9-7-14)28-21(27)18(13)20(26)25-16-4-2-15(3-5-16)19-23-10-11-24-19;;/h2-5,10-12,14,22H,6-9H2,1H3,(H,23,24)(H,25,26);2*1H. The second-order valence-electron chi connectivity index (χ2n) is 6.99. The molecule has 9 heteroatoms. The van der Waals surface area contributed by atoms with E-state index >= 15 is 0 Å². The van der Waals surface area contributed by atoms with Gasteiger partial charge in [0.2, 0.25) is 0 Å². The predicted octanol–water partition coefficient (Wildman–Crippen LogP) is 3.90. The van der Waals surface area contributed by atoms with Crippen LogP contribution in [0.1, 0.15) is 40.4 Å².